The van der Waals surface area contributed by atoms with Crippen molar-refractivity contribution >= 4 is 35.4 Å². The fourth-order valence-corrected chi connectivity index (χ4v) is 5.90. The fraction of sp³-hybridized carbons (Fsp3) is 0.478. The molecule has 0 bridgehead atoms. The van der Waals surface area contributed by atoms with E-state index in [9.17, 15) is 19.2 Å². The van der Waals surface area contributed by atoms with Gasteiger partial charge in [0.05, 0.1) is 11.9 Å². The minimum Gasteiger partial charge on any atom is -0.335 e. The molecular weight excluding hydrogens is 456 g/mol. The van der Waals surface area contributed by atoms with Gasteiger partial charge in [-0.25, -0.2) is 4.68 Å². The summed E-state index contributed by atoms with van der Waals surface area (Å²) >= 11 is 1.90. The highest BCUT2D eigenvalue weighted by atomic mass is 32.2. The van der Waals surface area contributed by atoms with E-state index in [1.54, 1.807) is 12.3 Å². The van der Waals surface area contributed by atoms with Gasteiger partial charge in [0, 0.05) is 42.6 Å². The molecule has 178 valence electrons. The van der Waals surface area contributed by atoms with Gasteiger partial charge in [0.1, 0.15) is 6.04 Å². The smallest absolute Gasteiger partial charge is 0.276 e. The molecule has 3 aliphatic rings. The monoisotopic (exact) mass is 482 g/mol. The van der Waals surface area contributed by atoms with Crippen LogP contribution in [-0.4, -0.2) is 78.6 Å². The highest BCUT2D eigenvalue weighted by Crippen LogP contribution is 2.29. The number of fused-ring (bicyclic) bond motifs is 1. The highest BCUT2D eigenvalue weighted by Gasteiger charge is 2.39. The fourth-order valence-electron chi connectivity index (χ4n) is 4.60. The zero-order valence-electron chi connectivity index (χ0n) is 19.1. The van der Waals surface area contributed by atoms with Crippen molar-refractivity contribution in [2.45, 2.75) is 44.5 Å². The molecule has 0 radical (unpaired) electrons. The van der Waals surface area contributed by atoms with Gasteiger partial charge >= 0.3 is 0 Å². The van der Waals surface area contributed by atoms with Crippen molar-refractivity contribution in [2.24, 2.45) is 5.92 Å². The number of rotatable bonds is 4. The number of piperidine rings is 1. The third-order valence-corrected chi connectivity index (χ3v) is 8.15. The molecule has 4 heterocycles. The van der Waals surface area contributed by atoms with Crippen molar-refractivity contribution in [1.82, 2.24) is 30.1 Å². The largest absolute Gasteiger partial charge is 0.335 e. The Kier molecular flexibility index (Phi) is 5.88. The molecule has 2 saturated heterocycles. The number of carbonyl (C=O) groups excluding carboxylic acids is 4. The number of hydrogen-bond acceptors (Lipinski definition) is 7. The minimum absolute atomic E-state index is 0.140. The minimum atomic E-state index is -0.658. The summed E-state index contributed by atoms with van der Waals surface area (Å²) < 4.78 is 1.49. The molecule has 2 aromatic rings. The van der Waals surface area contributed by atoms with Gasteiger partial charge in [-0.05, 0) is 30.0 Å². The summed E-state index contributed by atoms with van der Waals surface area (Å²) in [7, 11) is 0. The maximum Gasteiger partial charge on any atom is 0.276 e. The van der Waals surface area contributed by atoms with Crippen molar-refractivity contribution in [1.29, 1.82) is 0 Å². The Bertz CT molecular complexity index is 1180. The molecule has 2 fully saturated rings. The van der Waals surface area contributed by atoms with Gasteiger partial charge in [-0.1, -0.05) is 25.1 Å². The average molecular weight is 483 g/mol. The predicted molar refractivity (Wildman–Crippen MR) is 124 cm³/mol. The summed E-state index contributed by atoms with van der Waals surface area (Å²) in [6.45, 7) is 6.02. The number of hydrogen-bond donors (Lipinski definition) is 1. The molecule has 1 aromatic heterocycles. The second-order valence-electron chi connectivity index (χ2n) is 9.19. The van der Waals surface area contributed by atoms with Crippen molar-refractivity contribution in [3.8, 4) is 5.69 Å². The van der Waals surface area contributed by atoms with Crippen LogP contribution in [0.5, 0.6) is 0 Å². The van der Waals surface area contributed by atoms with Gasteiger partial charge in [0.15, 0.2) is 5.69 Å². The van der Waals surface area contributed by atoms with Crippen LogP contribution < -0.4 is 5.32 Å². The molecular formula is C23H26N6O4S. The first kappa shape index (κ1) is 22.6. The Morgan fingerprint density at radius 3 is 2.82 bits per heavy atom. The number of aromatic nitrogens is 3. The molecule has 1 N–H and O–H groups in total. The van der Waals surface area contributed by atoms with Crippen molar-refractivity contribution in [3.05, 3.63) is 41.2 Å². The quantitative estimate of drug-likeness (QED) is 0.652. The number of amides is 4. The van der Waals surface area contributed by atoms with E-state index in [-0.39, 0.29) is 29.8 Å². The first-order chi connectivity index (χ1) is 16.3. The molecule has 0 aliphatic carbocycles. The maximum absolute atomic E-state index is 13.1. The molecule has 0 saturated carbocycles. The van der Waals surface area contributed by atoms with Crippen LogP contribution >= 0.6 is 11.8 Å². The van der Waals surface area contributed by atoms with Crippen molar-refractivity contribution in [2.75, 3.05) is 18.8 Å². The third-order valence-electron chi connectivity index (χ3n) is 6.61. The predicted octanol–water partition coefficient (Wildman–Crippen LogP) is 1.24. The normalized spacial score (nSPS) is 22.9. The van der Waals surface area contributed by atoms with Gasteiger partial charge in [0.2, 0.25) is 11.8 Å². The van der Waals surface area contributed by atoms with E-state index in [2.05, 4.69) is 29.5 Å². The van der Waals surface area contributed by atoms with Crippen LogP contribution in [0.1, 0.15) is 53.1 Å². The Morgan fingerprint density at radius 2 is 2.06 bits per heavy atom. The van der Waals surface area contributed by atoms with E-state index in [4.69, 9.17) is 0 Å². The first-order valence-electron chi connectivity index (χ1n) is 11.4. The van der Waals surface area contributed by atoms with E-state index in [0.717, 1.165) is 11.3 Å². The van der Waals surface area contributed by atoms with Gasteiger partial charge < -0.3 is 9.80 Å². The lowest BCUT2D eigenvalue weighted by molar-refractivity contribution is -0.136. The van der Waals surface area contributed by atoms with Gasteiger partial charge in [-0.15, -0.1) is 5.10 Å². The molecule has 1 aromatic carbocycles. The summed E-state index contributed by atoms with van der Waals surface area (Å²) in [6.07, 6.45) is 2.12. The molecule has 2 atom stereocenters. The van der Waals surface area contributed by atoms with Crippen LogP contribution in [-0.2, 0) is 16.1 Å². The van der Waals surface area contributed by atoms with Gasteiger partial charge in [-0.3, -0.25) is 24.5 Å². The molecule has 4 amide bonds. The van der Waals surface area contributed by atoms with E-state index in [1.807, 2.05) is 28.8 Å². The van der Waals surface area contributed by atoms with E-state index in [1.165, 1.54) is 9.58 Å². The molecule has 0 spiro atoms. The maximum atomic E-state index is 13.1. The van der Waals surface area contributed by atoms with Crippen LogP contribution in [0.15, 0.2) is 24.4 Å². The topological polar surface area (TPSA) is 118 Å². The Hall–Kier alpha value is -3.21. The summed E-state index contributed by atoms with van der Waals surface area (Å²) in [5.41, 5.74) is 2.17. The first-order valence-corrected chi connectivity index (χ1v) is 12.5. The number of nitrogens with zero attached hydrogens (tertiary/aromatic N) is 5. The lowest BCUT2D eigenvalue weighted by Gasteiger charge is -2.33. The standard InChI is InChI=1S/C23H26N6O4S/c1-13(2)19-12-27(7-8-34-19)23(33)17-11-29(26-25-17)15-4-3-14-10-28(22(32)16(14)9-15)18-5-6-20(30)24-21(18)31/h3-4,9,11,13,18-19H,5-8,10,12H2,1-2H3,(H,24,30,31). The van der Waals surface area contributed by atoms with Crippen LogP contribution in [0, 0.1) is 5.92 Å². The SMILES string of the molecule is CC(C)C1CN(C(=O)c2cn(-c3ccc4c(c3)C(=O)N(C3CCC(=O)NC3=O)C4)nn2)CCS1. The molecule has 5 rings (SSSR count). The summed E-state index contributed by atoms with van der Waals surface area (Å²) in [4.78, 5) is 53.1. The zero-order chi connectivity index (χ0) is 24.0. The number of imide groups is 1. The Morgan fingerprint density at radius 1 is 1.24 bits per heavy atom. The van der Waals surface area contributed by atoms with Crippen LogP contribution in [0.3, 0.4) is 0 Å². The number of carbonyl (C=O) groups is 4. The van der Waals surface area contributed by atoms with Gasteiger partial charge in [0.25, 0.3) is 11.8 Å². The van der Waals surface area contributed by atoms with E-state index < -0.39 is 11.9 Å². The number of benzene rings is 1. The second-order valence-corrected chi connectivity index (χ2v) is 10.5. The molecule has 3 aliphatic heterocycles. The van der Waals surface area contributed by atoms with Crippen LogP contribution in [0.2, 0.25) is 0 Å². The van der Waals surface area contributed by atoms with Crippen molar-refractivity contribution < 1.29 is 19.2 Å². The van der Waals surface area contributed by atoms with E-state index in [0.29, 0.717) is 48.5 Å². The molecule has 11 heteroatoms. The number of thioether (sulfide) groups is 1. The van der Waals surface area contributed by atoms with Crippen LogP contribution in [0.4, 0.5) is 0 Å². The zero-order valence-corrected chi connectivity index (χ0v) is 19.9. The Balaban J connectivity index is 1.32. The summed E-state index contributed by atoms with van der Waals surface area (Å²) in [5.74, 6) is 0.242. The highest BCUT2D eigenvalue weighted by molar-refractivity contribution is 8.00. The van der Waals surface area contributed by atoms with Gasteiger partial charge in [-0.2, -0.15) is 11.8 Å². The molecule has 2 unspecified atom stereocenters. The summed E-state index contributed by atoms with van der Waals surface area (Å²) in [6, 6.07) is 4.69. The lowest BCUT2D eigenvalue weighted by atomic mass is 10.0. The van der Waals surface area contributed by atoms with Crippen molar-refractivity contribution in [3.63, 3.8) is 0 Å². The number of nitrogens with one attached hydrogen (secondary N) is 1. The molecule has 10 nitrogen and oxygen atoms in total. The third kappa shape index (κ3) is 4.08. The second kappa shape index (κ2) is 8.86. The summed E-state index contributed by atoms with van der Waals surface area (Å²) in [5, 5.41) is 10.9. The van der Waals surface area contributed by atoms with E-state index >= 15 is 0 Å². The average Bonchev–Trinajstić information content (AvgIpc) is 3.44. The van der Waals surface area contributed by atoms with Crippen LogP contribution in [0.25, 0.3) is 5.69 Å². The molecule has 34 heavy (non-hydrogen) atoms. The Labute approximate surface area is 201 Å². The lowest BCUT2D eigenvalue weighted by Crippen LogP contribution is -2.52.